The summed E-state index contributed by atoms with van der Waals surface area (Å²) < 4.78 is 13.5. The molecule has 0 radical (unpaired) electrons. The molecule has 4 rings (SSSR count). The van der Waals surface area contributed by atoms with Gasteiger partial charge in [-0.15, -0.1) is 0 Å². The van der Waals surface area contributed by atoms with Crippen LogP contribution in [-0.2, 0) is 16.1 Å². The Morgan fingerprint density at radius 2 is 1.73 bits per heavy atom. The van der Waals surface area contributed by atoms with Gasteiger partial charge in [-0.2, -0.15) is 0 Å². The van der Waals surface area contributed by atoms with E-state index >= 15 is 0 Å². The van der Waals surface area contributed by atoms with Gasteiger partial charge in [0.05, 0.1) is 0 Å². The monoisotopic (exact) mass is 406 g/mol. The van der Waals surface area contributed by atoms with Crippen molar-refractivity contribution in [3.8, 4) is 0 Å². The molecule has 0 aromatic heterocycles. The summed E-state index contributed by atoms with van der Waals surface area (Å²) in [6.45, 7) is 1.64. The highest BCUT2D eigenvalue weighted by Crippen LogP contribution is 2.32. The van der Waals surface area contributed by atoms with Gasteiger partial charge in [0.2, 0.25) is 11.8 Å². The van der Waals surface area contributed by atoms with E-state index in [1.54, 1.807) is 12.1 Å². The van der Waals surface area contributed by atoms with Gasteiger partial charge in [0.1, 0.15) is 5.82 Å². The highest BCUT2D eigenvalue weighted by atomic mass is 19.1. The van der Waals surface area contributed by atoms with Crippen molar-refractivity contribution < 1.29 is 14.0 Å². The second-order valence-corrected chi connectivity index (χ2v) is 8.17. The van der Waals surface area contributed by atoms with E-state index in [-0.39, 0.29) is 29.6 Å². The van der Waals surface area contributed by atoms with Crippen molar-refractivity contribution in [2.75, 3.05) is 13.1 Å². The highest BCUT2D eigenvalue weighted by molar-refractivity contribution is 5.92. The lowest BCUT2D eigenvalue weighted by atomic mass is 9.94. The van der Waals surface area contributed by atoms with Crippen LogP contribution in [0.15, 0.2) is 60.7 Å². The fourth-order valence-corrected chi connectivity index (χ4v) is 4.02. The molecule has 0 N–H and O–H groups in total. The minimum atomic E-state index is -0.272. The normalized spacial score (nSPS) is 17.3. The van der Waals surface area contributed by atoms with Gasteiger partial charge in [-0.1, -0.05) is 42.5 Å². The molecule has 1 aliphatic carbocycles. The predicted molar refractivity (Wildman–Crippen MR) is 115 cm³/mol. The summed E-state index contributed by atoms with van der Waals surface area (Å²) >= 11 is 0. The lowest BCUT2D eigenvalue weighted by Crippen LogP contribution is -2.44. The minimum absolute atomic E-state index is 0.0106. The summed E-state index contributed by atoms with van der Waals surface area (Å²) in [5.41, 5.74) is 1.82. The van der Waals surface area contributed by atoms with E-state index in [1.807, 2.05) is 52.3 Å². The van der Waals surface area contributed by atoms with Gasteiger partial charge in [0, 0.05) is 37.7 Å². The lowest BCUT2D eigenvalue weighted by molar-refractivity contribution is -0.140. The number of nitrogens with zero attached hydrogens (tertiary/aromatic N) is 2. The summed E-state index contributed by atoms with van der Waals surface area (Å²) in [6.07, 6.45) is 6.82. The van der Waals surface area contributed by atoms with Crippen LogP contribution in [0.1, 0.15) is 36.8 Å². The standard InChI is InChI=1S/C25H27FN2O2/c26-22-8-4-7-20(17-22)18-28(23-10-11-23)25(30)21-13-15-27(16-14-21)24(29)12-9-19-5-2-1-3-6-19/h1-9,12,17,21,23H,10-11,13-16,18H2/b12-9+. The number of amides is 2. The molecule has 0 unspecified atom stereocenters. The molecule has 2 amide bonds. The maximum Gasteiger partial charge on any atom is 0.246 e. The maximum atomic E-state index is 13.5. The van der Waals surface area contributed by atoms with Crippen LogP contribution in [-0.4, -0.2) is 40.7 Å². The van der Waals surface area contributed by atoms with Crippen LogP contribution in [0.3, 0.4) is 0 Å². The first-order valence-electron chi connectivity index (χ1n) is 10.7. The Bertz CT molecular complexity index is 916. The quantitative estimate of drug-likeness (QED) is 0.673. The van der Waals surface area contributed by atoms with E-state index in [2.05, 4.69) is 0 Å². The number of likely N-dealkylation sites (tertiary alicyclic amines) is 1. The molecule has 2 aromatic rings. The van der Waals surface area contributed by atoms with Gasteiger partial charge in [0.25, 0.3) is 0 Å². The molecule has 156 valence electrons. The first-order valence-corrected chi connectivity index (χ1v) is 10.7. The van der Waals surface area contributed by atoms with Gasteiger partial charge in [-0.25, -0.2) is 4.39 Å². The van der Waals surface area contributed by atoms with Crippen molar-refractivity contribution in [3.05, 3.63) is 77.6 Å². The summed E-state index contributed by atoms with van der Waals surface area (Å²) in [4.78, 5) is 29.4. The number of rotatable bonds is 6. The topological polar surface area (TPSA) is 40.6 Å². The number of hydrogen-bond donors (Lipinski definition) is 0. The van der Waals surface area contributed by atoms with Crippen LogP contribution in [0, 0.1) is 11.7 Å². The maximum absolute atomic E-state index is 13.5. The van der Waals surface area contributed by atoms with Crippen molar-refractivity contribution in [2.24, 2.45) is 5.92 Å². The Morgan fingerprint density at radius 3 is 2.40 bits per heavy atom. The van der Waals surface area contributed by atoms with Crippen LogP contribution >= 0.6 is 0 Å². The molecule has 2 fully saturated rings. The van der Waals surface area contributed by atoms with Crippen molar-refractivity contribution in [3.63, 3.8) is 0 Å². The number of piperidine rings is 1. The molecule has 30 heavy (non-hydrogen) atoms. The number of benzene rings is 2. The number of carbonyl (C=O) groups is 2. The molecule has 0 atom stereocenters. The summed E-state index contributed by atoms with van der Waals surface area (Å²) in [7, 11) is 0. The van der Waals surface area contributed by atoms with Crippen molar-refractivity contribution in [2.45, 2.75) is 38.3 Å². The second kappa shape index (κ2) is 9.24. The van der Waals surface area contributed by atoms with E-state index in [9.17, 15) is 14.0 Å². The Hall–Kier alpha value is -2.95. The number of halogens is 1. The smallest absolute Gasteiger partial charge is 0.246 e. The molecule has 1 aliphatic heterocycles. The van der Waals surface area contributed by atoms with Gasteiger partial charge in [-0.05, 0) is 55.0 Å². The molecular weight excluding hydrogens is 379 g/mol. The van der Waals surface area contributed by atoms with E-state index in [4.69, 9.17) is 0 Å². The van der Waals surface area contributed by atoms with Crippen molar-refractivity contribution in [1.82, 2.24) is 9.80 Å². The summed E-state index contributed by atoms with van der Waals surface area (Å²) in [6, 6.07) is 16.5. The van der Waals surface area contributed by atoms with E-state index in [1.165, 1.54) is 12.1 Å². The largest absolute Gasteiger partial charge is 0.339 e. The Kier molecular flexibility index (Phi) is 6.26. The highest BCUT2D eigenvalue weighted by Gasteiger charge is 2.37. The predicted octanol–water partition coefficient (Wildman–Crippen LogP) is 4.27. The molecule has 0 bridgehead atoms. The van der Waals surface area contributed by atoms with E-state index < -0.39 is 0 Å². The molecule has 1 saturated carbocycles. The summed E-state index contributed by atoms with van der Waals surface area (Å²) in [5.74, 6) is -0.204. The van der Waals surface area contributed by atoms with Crippen molar-refractivity contribution in [1.29, 1.82) is 0 Å². The van der Waals surface area contributed by atoms with E-state index in [0.29, 0.717) is 32.5 Å². The zero-order valence-electron chi connectivity index (χ0n) is 17.0. The zero-order valence-corrected chi connectivity index (χ0v) is 17.0. The first kappa shape index (κ1) is 20.3. The van der Waals surface area contributed by atoms with Crippen LogP contribution in [0.5, 0.6) is 0 Å². The SMILES string of the molecule is O=C(/C=C/c1ccccc1)N1CCC(C(=O)N(Cc2cccc(F)c2)C2CC2)CC1. The zero-order chi connectivity index (χ0) is 20.9. The third-order valence-electron chi connectivity index (χ3n) is 5.89. The lowest BCUT2D eigenvalue weighted by Gasteiger charge is -2.34. The Morgan fingerprint density at radius 1 is 1.00 bits per heavy atom. The van der Waals surface area contributed by atoms with Gasteiger partial charge < -0.3 is 9.80 Å². The average Bonchev–Trinajstić information content (AvgIpc) is 3.61. The minimum Gasteiger partial charge on any atom is -0.339 e. The van der Waals surface area contributed by atoms with Crippen LogP contribution < -0.4 is 0 Å². The van der Waals surface area contributed by atoms with Gasteiger partial charge in [-0.3, -0.25) is 9.59 Å². The molecule has 1 heterocycles. The summed E-state index contributed by atoms with van der Waals surface area (Å²) in [5, 5.41) is 0. The molecule has 1 saturated heterocycles. The molecule has 2 aromatic carbocycles. The Labute approximate surface area is 177 Å². The molecule has 0 spiro atoms. The number of hydrogen-bond acceptors (Lipinski definition) is 2. The van der Waals surface area contributed by atoms with Gasteiger partial charge in [0.15, 0.2) is 0 Å². The fraction of sp³-hybridized carbons (Fsp3) is 0.360. The second-order valence-electron chi connectivity index (χ2n) is 8.17. The van der Waals surface area contributed by atoms with Gasteiger partial charge >= 0.3 is 0 Å². The first-order chi connectivity index (χ1) is 14.6. The van der Waals surface area contributed by atoms with Crippen LogP contribution in [0.4, 0.5) is 4.39 Å². The average molecular weight is 407 g/mol. The third kappa shape index (κ3) is 5.15. The molecule has 2 aliphatic rings. The Balaban J connectivity index is 1.32. The van der Waals surface area contributed by atoms with Crippen LogP contribution in [0.25, 0.3) is 6.08 Å². The molecule has 5 heteroatoms. The van der Waals surface area contributed by atoms with Crippen molar-refractivity contribution >= 4 is 17.9 Å². The van der Waals surface area contributed by atoms with Crippen LogP contribution in [0.2, 0.25) is 0 Å². The molecular formula is C25H27FN2O2. The molecule has 4 nitrogen and oxygen atoms in total. The third-order valence-corrected chi connectivity index (χ3v) is 5.89. The van der Waals surface area contributed by atoms with E-state index in [0.717, 1.165) is 24.0 Å². The number of carbonyl (C=O) groups excluding carboxylic acids is 2. The fourth-order valence-electron chi connectivity index (χ4n) is 4.02.